The Bertz CT molecular complexity index is 2810. The molecule has 3 heteroatoms. The van der Waals surface area contributed by atoms with E-state index in [0.717, 1.165) is 50.2 Å². The van der Waals surface area contributed by atoms with Gasteiger partial charge in [-0.05, 0) is 56.6 Å². The van der Waals surface area contributed by atoms with E-state index < -0.39 is 0 Å². The summed E-state index contributed by atoms with van der Waals surface area (Å²) in [7, 11) is 0. The quantitative estimate of drug-likeness (QED) is 0.181. The van der Waals surface area contributed by atoms with Crippen LogP contribution in [0.25, 0.3) is 99.2 Å². The summed E-state index contributed by atoms with van der Waals surface area (Å²) in [5.41, 5.74) is 7.87. The molecule has 0 bridgehead atoms. The zero-order chi connectivity index (χ0) is 33.0. The SMILES string of the molecule is c1ccc2cc(-c3cc(-c4ccc5ccccc5c4)nc(-c4ccc(-c5nc6ccccc6c6c5ccc5ccccc56)cc4)n3)ccc2c1. The van der Waals surface area contributed by atoms with Crippen LogP contribution in [-0.2, 0) is 0 Å². The molecule has 10 rings (SSSR count). The van der Waals surface area contributed by atoms with Gasteiger partial charge in [0.05, 0.1) is 22.6 Å². The molecular weight excluding hydrogens is 607 g/mol. The Balaban J connectivity index is 1.13. The predicted octanol–water partition coefficient (Wildman–Crippen LogP) is 12.3. The van der Waals surface area contributed by atoms with Crippen molar-refractivity contribution in [2.24, 2.45) is 0 Å². The summed E-state index contributed by atoms with van der Waals surface area (Å²) in [5.74, 6) is 0.688. The third kappa shape index (κ3) is 4.79. The van der Waals surface area contributed by atoms with Crippen molar-refractivity contribution >= 4 is 54.0 Å². The van der Waals surface area contributed by atoms with Crippen molar-refractivity contribution in [3.05, 3.63) is 176 Å². The second kappa shape index (κ2) is 11.5. The Kier molecular flexibility index (Phi) is 6.49. The smallest absolute Gasteiger partial charge is 0.160 e. The van der Waals surface area contributed by atoms with Crippen LogP contribution in [0.15, 0.2) is 176 Å². The number of rotatable bonds is 4. The van der Waals surface area contributed by atoms with Crippen LogP contribution < -0.4 is 0 Å². The Morgan fingerprint density at radius 2 is 0.800 bits per heavy atom. The van der Waals surface area contributed by atoms with Gasteiger partial charge in [0.2, 0.25) is 0 Å². The molecule has 0 radical (unpaired) electrons. The second-order valence-corrected chi connectivity index (χ2v) is 12.9. The minimum absolute atomic E-state index is 0.688. The Labute approximate surface area is 289 Å². The molecule has 2 aromatic heterocycles. The van der Waals surface area contributed by atoms with Gasteiger partial charge >= 0.3 is 0 Å². The molecule has 0 unspecified atom stereocenters. The Morgan fingerprint density at radius 3 is 1.46 bits per heavy atom. The molecule has 0 atom stereocenters. The number of fused-ring (bicyclic) bond motifs is 7. The summed E-state index contributed by atoms with van der Waals surface area (Å²) in [6.45, 7) is 0. The molecule has 3 nitrogen and oxygen atoms in total. The number of para-hydroxylation sites is 1. The lowest BCUT2D eigenvalue weighted by Crippen LogP contribution is -1.96. The van der Waals surface area contributed by atoms with Gasteiger partial charge < -0.3 is 0 Å². The maximum absolute atomic E-state index is 5.21. The van der Waals surface area contributed by atoms with Gasteiger partial charge in [-0.25, -0.2) is 15.0 Å². The molecule has 50 heavy (non-hydrogen) atoms. The molecule has 10 aromatic rings. The van der Waals surface area contributed by atoms with E-state index in [1.54, 1.807) is 0 Å². The molecule has 0 saturated heterocycles. The number of hydrogen-bond donors (Lipinski definition) is 0. The lowest BCUT2D eigenvalue weighted by atomic mass is 9.95. The Hall–Kier alpha value is -6.71. The van der Waals surface area contributed by atoms with E-state index >= 15 is 0 Å². The number of hydrogen-bond acceptors (Lipinski definition) is 3. The number of pyridine rings is 1. The van der Waals surface area contributed by atoms with Gasteiger partial charge in [-0.2, -0.15) is 0 Å². The van der Waals surface area contributed by atoms with E-state index in [-0.39, 0.29) is 0 Å². The van der Waals surface area contributed by atoms with E-state index in [9.17, 15) is 0 Å². The largest absolute Gasteiger partial charge is 0.247 e. The monoisotopic (exact) mass is 635 g/mol. The molecule has 0 fully saturated rings. The van der Waals surface area contributed by atoms with Gasteiger partial charge in [-0.1, -0.05) is 152 Å². The molecule has 0 saturated carbocycles. The van der Waals surface area contributed by atoms with Crippen molar-refractivity contribution in [3.8, 4) is 45.2 Å². The van der Waals surface area contributed by atoms with Gasteiger partial charge in [0.1, 0.15) is 0 Å². The van der Waals surface area contributed by atoms with Gasteiger partial charge in [-0.15, -0.1) is 0 Å². The molecule has 0 N–H and O–H groups in total. The van der Waals surface area contributed by atoms with Gasteiger partial charge in [0.25, 0.3) is 0 Å². The highest BCUT2D eigenvalue weighted by molar-refractivity contribution is 6.22. The van der Waals surface area contributed by atoms with E-state index in [1.165, 1.54) is 43.1 Å². The fraction of sp³-hybridized carbons (Fsp3) is 0. The zero-order valence-corrected chi connectivity index (χ0v) is 27.1. The van der Waals surface area contributed by atoms with Crippen LogP contribution in [0.4, 0.5) is 0 Å². The summed E-state index contributed by atoms with van der Waals surface area (Å²) in [5, 5.41) is 10.8. The zero-order valence-electron chi connectivity index (χ0n) is 27.1. The van der Waals surface area contributed by atoms with Crippen molar-refractivity contribution in [2.45, 2.75) is 0 Å². The van der Waals surface area contributed by atoms with Crippen LogP contribution in [0.3, 0.4) is 0 Å². The highest BCUT2D eigenvalue weighted by Gasteiger charge is 2.15. The molecule has 0 aliphatic rings. The van der Waals surface area contributed by atoms with Gasteiger partial charge in [0, 0.05) is 38.4 Å². The first-order valence-electron chi connectivity index (χ1n) is 16.9. The normalized spacial score (nSPS) is 11.6. The first-order chi connectivity index (χ1) is 24.7. The summed E-state index contributed by atoms with van der Waals surface area (Å²) >= 11 is 0. The lowest BCUT2D eigenvalue weighted by Gasteiger charge is -2.13. The van der Waals surface area contributed by atoms with Crippen LogP contribution in [0, 0.1) is 0 Å². The van der Waals surface area contributed by atoms with E-state index in [2.05, 4.69) is 176 Å². The third-order valence-corrected chi connectivity index (χ3v) is 9.82. The molecule has 232 valence electrons. The maximum Gasteiger partial charge on any atom is 0.160 e. The predicted molar refractivity (Wildman–Crippen MR) is 209 cm³/mol. The molecule has 0 amide bonds. The van der Waals surface area contributed by atoms with E-state index in [1.807, 2.05) is 0 Å². The lowest BCUT2D eigenvalue weighted by molar-refractivity contribution is 1.18. The molecule has 0 spiro atoms. The van der Waals surface area contributed by atoms with Crippen molar-refractivity contribution in [2.75, 3.05) is 0 Å². The van der Waals surface area contributed by atoms with Crippen molar-refractivity contribution in [1.29, 1.82) is 0 Å². The molecule has 0 aliphatic heterocycles. The standard InChI is InChI=1S/C47H29N3/c1-3-12-35-27-37(23-17-30(35)9-1)43-29-44(38-24-18-31-10-2-4-13-36(31)28-38)50-47(49-43)34-21-19-33(20-22-34)46-41-26-25-32-11-5-6-14-39(32)45(41)40-15-7-8-16-42(40)48-46/h1-29H. The van der Waals surface area contributed by atoms with Crippen molar-refractivity contribution in [3.63, 3.8) is 0 Å². The van der Waals surface area contributed by atoms with Crippen LogP contribution >= 0.6 is 0 Å². The average Bonchev–Trinajstić information content (AvgIpc) is 3.20. The summed E-state index contributed by atoms with van der Waals surface area (Å²) < 4.78 is 0. The summed E-state index contributed by atoms with van der Waals surface area (Å²) in [6.07, 6.45) is 0. The van der Waals surface area contributed by atoms with Gasteiger partial charge in [-0.3, -0.25) is 0 Å². The minimum atomic E-state index is 0.688. The van der Waals surface area contributed by atoms with E-state index in [0.29, 0.717) is 5.82 Å². The topological polar surface area (TPSA) is 38.7 Å². The van der Waals surface area contributed by atoms with Crippen LogP contribution in [-0.4, -0.2) is 15.0 Å². The molecule has 0 aliphatic carbocycles. The van der Waals surface area contributed by atoms with Gasteiger partial charge in [0.15, 0.2) is 5.82 Å². The third-order valence-electron chi connectivity index (χ3n) is 9.82. The second-order valence-electron chi connectivity index (χ2n) is 12.9. The number of aromatic nitrogens is 3. The highest BCUT2D eigenvalue weighted by atomic mass is 14.9. The minimum Gasteiger partial charge on any atom is -0.247 e. The number of nitrogens with zero attached hydrogens (tertiary/aromatic N) is 3. The van der Waals surface area contributed by atoms with Crippen LogP contribution in [0.5, 0.6) is 0 Å². The fourth-order valence-electron chi connectivity index (χ4n) is 7.29. The Morgan fingerprint density at radius 1 is 0.300 bits per heavy atom. The summed E-state index contributed by atoms with van der Waals surface area (Å²) in [6, 6.07) is 62.1. The molecule has 8 aromatic carbocycles. The first-order valence-corrected chi connectivity index (χ1v) is 16.9. The fourth-order valence-corrected chi connectivity index (χ4v) is 7.29. The first kappa shape index (κ1) is 28.3. The number of benzene rings is 8. The van der Waals surface area contributed by atoms with E-state index in [4.69, 9.17) is 15.0 Å². The summed E-state index contributed by atoms with van der Waals surface area (Å²) in [4.78, 5) is 15.5. The highest BCUT2D eigenvalue weighted by Crippen LogP contribution is 2.38. The van der Waals surface area contributed by atoms with Crippen molar-refractivity contribution < 1.29 is 0 Å². The molecular formula is C47H29N3. The van der Waals surface area contributed by atoms with Crippen molar-refractivity contribution in [1.82, 2.24) is 15.0 Å². The molecule has 2 heterocycles. The average molecular weight is 636 g/mol. The van der Waals surface area contributed by atoms with Crippen LogP contribution in [0.1, 0.15) is 0 Å². The maximum atomic E-state index is 5.21. The van der Waals surface area contributed by atoms with Crippen LogP contribution in [0.2, 0.25) is 0 Å².